The number of aromatic carboxylic acids is 1. The number of hydrogen-bond acceptors (Lipinski definition) is 5. The Balaban J connectivity index is 1.53. The number of H-pyrrole nitrogens is 1. The number of carbonyl (C=O) groups excluding carboxylic acids is 1. The maximum absolute atomic E-state index is 13.6. The first kappa shape index (κ1) is 28.7. The summed E-state index contributed by atoms with van der Waals surface area (Å²) in [6.45, 7) is 0.0967. The summed E-state index contributed by atoms with van der Waals surface area (Å²) in [5, 5.41) is 29.7. The minimum absolute atomic E-state index is 0.0967. The fourth-order valence-electron chi connectivity index (χ4n) is 4.23. The Morgan fingerprint density at radius 1 is 1.00 bits per heavy atom. The van der Waals surface area contributed by atoms with E-state index in [4.69, 9.17) is 16.7 Å². The summed E-state index contributed by atoms with van der Waals surface area (Å²) in [7, 11) is 0. The van der Waals surface area contributed by atoms with Crippen molar-refractivity contribution >= 4 is 46.1 Å². The molecule has 0 aliphatic rings. The molecule has 12 heteroatoms. The zero-order valence-electron chi connectivity index (χ0n) is 21.3. The van der Waals surface area contributed by atoms with Crippen molar-refractivity contribution in [3.8, 4) is 17.2 Å². The van der Waals surface area contributed by atoms with Crippen LogP contribution in [0.3, 0.4) is 0 Å². The Labute approximate surface area is 245 Å². The molecule has 0 spiro atoms. The summed E-state index contributed by atoms with van der Waals surface area (Å²) in [4.78, 5) is 25.2. The van der Waals surface area contributed by atoms with Gasteiger partial charge < -0.3 is 10.4 Å². The zero-order chi connectivity index (χ0) is 30.0. The molecule has 0 saturated heterocycles. The summed E-state index contributed by atoms with van der Waals surface area (Å²) >= 11 is 7.31. The number of carboxylic acids is 1. The maximum atomic E-state index is 13.6. The van der Waals surface area contributed by atoms with E-state index in [-0.39, 0.29) is 17.7 Å². The summed E-state index contributed by atoms with van der Waals surface area (Å²) in [6, 6.07) is 20.9. The molecule has 4 aromatic carbocycles. The van der Waals surface area contributed by atoms with Crippen molar-refractivity contribution in [2.45, 2.75) is 22.6 Å². The van der Waals surface area contributed by atoms with E-state index in [1.807, 2.05) is 0 Å². The quantitative estimate of drug-likeness (QED) is 0.176. The van der Waals surface area contributed by atoms with Crippen molar-refractivity contribution in [3.05, 3.63) is 112 Å². The van der Waals surface area contributed by atoms with Crippen LogP contribution < -0.4 is 5.32 Å². The van der Waals surface area contributed by atoms with Gasteiger partial charge in [-0.2, -0.15) is 23.5 Å². The van der Waals surface area contributed by atoms with Crippen LogP contribution in [0, 0.1) is 11.3 Å². The van der Waals surface area contributed by atoms with Gasteiger partial charge in [0.15, 0.2) is 0 Å². The van der Waals surface area contributed by atoms with Crippen LogP contribution in [0.5, 0.6) is 0 Å². The third-order valence-electron chi connectivity index (χ3n) is 6.29. The Morgan fingerprint density at radius 2 is 1.69 bits per heavy atom. The zero-order valence-corrected chi connectivity index (χ0v) is 22.9. The molecular weight excluding hydrogens is 589 g/mol. The maximum Gasteiger partial charge on any atom is 0.416 e. The molecule has 0 fully saturated rings. The van der Waals surface area contributed by atoms with E-state index < -0.39 is 23.6 Å². The largest absolute Gasteiger partial charge is 0.478 e. The van der Waals surface area contributed by atoms with Gasteiger partial charge in [-0.05, 0) is 83.4 Å². The van der Waals surface area contributed by atoms with Crippen LogP contribution in [-0.4, -0.2) is 27.2 Å². The number of aromatic nitrogens is 2. The second-order valence-corrected chi connectivity index (χ2v) is 10.6. The highest BCUT2D eigenvalue weighted by molar-refractivity contribution is 7.99. The number of fused-ring (bicyclic) bond motifs is 1. The molecular formula is C30H18ClF3N4O3S. The summed E-state index contributed by atoms with van der Waals surface area (Å²) in [5.41, 5.74) is 2.21. The molecule has 3 N–H and O–H groups in total. The summed E-state index contributed by atoms with van der Waals surface area (Å²) in [6.07, 6.45) is -4.47. The van der Waals surface area contributed by atoms with Gasteiger partial charge in [-0.1, -0.05) is 35.5 Å². The lowest BCUT2D eigenvalue weighted by molar-refractivity contribution is -0.137. The summed E-state index contributed by atoms with van der Waals surface area (Å²) < 4.78 is 39.1. The third kappa shape index (κ3) is 6.25. The van der Waals surface area contributed by atoms with E-state index in [9.17, 15) is 28.0 Å². The highest BCUT2D eigenvalue weighted by Crippen LogP contribution is 2.38. The van der Waals surface area contributed by atoms with Crippen molar-refractivity contribution in [2.75, 3.05) is 0 Å². The number of rotatable bonds is 7. The average Bonchev–Trinajstić information content (AvgIpc) is 3.37. The van der Waals surface area contributed by atoms with Crippen molar-refractivity contribution in [3.63, 3.8) is 0 Å². The Hall–Kier alpha value is -4.79. The van der Waals surface area contributed by atoms with Gasteiger partial charge in [-0.15, -0.1) is 0 Å². The molecule has 1 aromatic heterocycles. The summed E-state index contributed by atoms with van der Waals surface area (Å²) in [5.74, 6) is -1.54. The molecule has 210 valence electrons. The predicted octanol–water partition coefficient (Wildman–Crippen LogP) is 7.55. The number of carboxylic acid groups (broad SMARTS) is 1. The van der Waals surface area contributed by atoms with Gasteiger partial charge in [0.05, 0.1) is 33.8 Å². The fraction of sp³-hybridized carbons (Fsp3) is 0.0667. The van der Waals surface area contributed by atoms with Gasteiger partial charge in [0.2, 0.25) is 0 Å². The number of alkyl halides is 3. The molecule has 1 heterocycles. The molecule has 0 aliphatic carbocycles. The SMILES string of the molecule is N#Cc1cc(Cl)cc(-c2cc(C(=O)NCc3ccc(C(=O)O)cc3)c3c(Sc4ccc(C(F)(F)F)cc4)n[nH]c3c2)c1. The van der Waals surface area contributed by atoms with Gasteiger partial charge in [-0.25, -0.2) is 4.79 Å². The van der Waals surface area contributed by atoms with Crippen LogP contribution in [-0.2, 0) is 12.7 Å². The molecule has 5 rings (SSSR count). The second-order valence-electron chi connectivity index (χ2n) is 9.12. The van der Waals surface area contributed by atoms with Gasteiger partial charge in [-0.3, -0.25) is 9.89 Å². The Morgan fingerprint density at radius 3 is 2.33 bits per heavy atom. The first-order valence-electron chi connectivity index (χ1n) is 12.2. The number of aromatic amines is 1. The molecule has 5 aromatic rings. The first-order valence-corrected chi connectivity index (χ1v) is 13.4. The van der Waals surface area contributed by atoms with Gasteiger partial charge in [0.1, 0.15) is 5.03 Å². The minimum Gasteiger partial charge on any atom is -0.478 e. The normalized spacial score (nSPS) is 11.3. The Bertz CT molecular complexity index is 1870. The highest BCUT2D eigenvalue weighted by atomic mass is 35.5. The van der Waals surface area contributed by atoms with Crippen LogP contribution >= 0.6 is 23.4 Å². The number of benzene rings is 4. The lowest BCUT2D eigenvalue weighted by Crippen LogP contribution is -2.23. The number of nitrogens with one attached hydrogen (secondary N) is 2. The molecule has 0 unspecified atom stereocenters. The van der Waals surface area contributed by atoms with Crippen molar-refractivity contribution in [1.82, 2.24) is 15.5 Å². The van der Waals surface area contributed by atoms with Crippen molar-refractivity contribution in [1.29, 1.82) is 5.26 Å². The number of hydrogen-bond donors (Lipinski definition) is 3. The second kappa shape index (κ2) is 11.6. The monoisotopic (exact) mass is 606 g/mol. The lowest BCUT2D eigenvalue weighted by atomic mass is 9.98. The molecule has 0 saturated carbocycles. The molecule has 0 radical (unpaired) electrons. The minimum atomic E-state index is -4.47. The number of halogens is 4. The van der Waals surface area contributed by atoms with Gasteiger partial charge in [0.25, 0.3) is 5.91 Å². The van der Waals surface area contributed by atoms with E-state index in [2.05, 4.69) is 21.6 Å². The molecule has 0 aliphatic heterocycles. The van der Waals surface area contributed by atoms with Gasteiger partial charge in [0, 0.05) is 21.8 Å². The molecule has 0 bridgehead atoms. The molecule has 0 atom stereocenters. The molecule has 7 nitrogen and oxygen atoms in total. The van der Waals surface area contributed by atoms with Crippen LogP contribution in [0.2, 0.25) is 5.02 Å². The number of nitriles is 1. The number of carbonyl (C=O) groups is 2. The fourth-order valence-corrected chi connectivity index (χ4v) is 5.38. The van der Waals surface area contributed by atoms with Crippen molar-refractivity contribution in [2.24, 2.45) is 0 Å². The number of nitrogens with zero attached hydrogens (tertiary/aromatic N) is 2. The van der Waals surface area contributed by atoms with Crippen LogP contribution in [0.25, 0.3) is 22.0 Å². The predicted molar refractivity (Wildman–Crippen MR) is 151 cm³/mol. The van der Waals surface area contributed by atoms with E-state index in [1.54, 1.807) is 36.4 Å². The smallest absolute Gasteiger partial charge is 0.416 e. The highest BCUT2D eigenvalue weighted by Gasteiger charge is 2.30. The first-order chi connectivity index (χ1) is 20.0. The van der Waals surface area contributed by atoms with Crippen LogP contribution in [0.15, 0.2) is 88.8 Å². The Kier molecular flexibility index (Phi) is 7.93. The van der Waals surface area contributed by atoms with E-state index >= 15 is 0 Å². The topological polar surface area (TPSA) is 119 Å². The lowest BCUT2D eigenvalue weighted by Gasteiger charge is -2.11. The van der Waals surface area contributed by atoms with Gasteiger partial charge >= 0.3 is 12.1 Å². The van der Waals surface area contributed by atoms with Crippen molar-refractivity contribution < 1.29 is 27.9 Å². The number of amides is 1. The van der Waals surface area contributed by atoms with E-state index in [0.717, 1.165) is 23.9 Å². The van der Waals surface area contributed by atoms with E-state index in [1.165, 1.54) is 30.3 Å². The average molecular weight is 607 g/mol. The standard InChI is InChI=1S/C30H18ClF3N4O3S/c31-22-10-17(14-35)9-19(11-22)20-12-24(27(39)36-15-16-1-3-18(4-2-16)29(40)41)26-25(13-20)37-38-28(26)42-23-7-5-21(6-8-23)30(32,33)34/h1-13H,15H2,(H,36,39)(H,37,38)(H,40,41). The molecule has 42 heavy (non-hydrogen) atoms. The molecule has 1 amide bonds. The van der Waals surface area contributed by atoms with E-state index in [0.29, 0.717) is 48.1 Å². The van der Waals surface area contributed by atoms with Crippen LogP contribution in [0.4, 0.5) is 13.2 Å². The third-order valence-corrected chi connectivity index (χ3v) is 7.50. The van der Waals surface area contributed by atoms with Crippen LogP contribution in [0.1, 0.15) is 37.4 Å².